The Morgan fingerprint density at radius 3 is 2.42 bits per heavy atom. The van der Waals surface area contributed by atoms with Crippen molar-refractivity contribution in [3.63, 3.8) is 0 Å². The summed E-state index contributed by atoms with van der Waals surface area (Å²) in [4.78, 5) is 99.3. The van der Waals surface area contributed by atoms with Gasteiger partial charge in [0.1, 0.15) is 33.7 Å². The molecule has 22 nitrogen and oxygen atoms in total. The molecule has 0 bridgehead atoms. The molecule has 3 amide bonds. The summed E-state index contributed by atoms with van der Waals surface area (Å²) in [5.41, 5.74) is 3.62. The van der Waals surface area contributed by atoms with E-state index in [9.17, 15) is 54.0 Å². The highest BCUT2D eigenvalue weighted by Crippen LogP contribution is 2.42. The van der Waals surface area contributed by atoms with Gasteiger partial charge in [0.25, 0.3) is 17.7 Å². The van der Waals surface area contributed by atoms with Crippen LogP contribution in [0.1, 0.15) is 42.4 Å². The van der Waals surface area contributed by atoms with E-state index in [0.29, 0.717) is 29.7 Å². The number of halogens is 2. The minimum Gasteiger partial charge on any atom is -0.504 e. The van der Waals surface area contributed by atoms with Crippen molar-refractivity contribution in [2.75, 3.05) is 44.2 Å². The van der Waals surface area contributed by atoms with Crippen molar-refractivity contribution < 1.29 is 63.6 Å². The number of carboxylic acids is 3. The SMILES string of the molecule is CCn1nc(C(=O)NCC[N+]2(CC3=C(C(=O)O)N4C(=O)[C@@H](NC(=O)/C(=N\O[C@@H](CC(=O)O)C(=O)O)c5nc(N)sc5Cl)[C@H]4SC3)CCCC2)c(=O)c2c(Cl)c(O)c(O)cc21. The highest BCUT2D eigenvalue weighted by atomic mass is 35.5. The van der Waals surface area contributed by atoms with Crippen molar-refractivity contribution in [1.29, 1.82) is 0 Å². The number of carboxylic acid groups (broad SMARTS) is 3. The van der Waals surface area contributed by atoms with Crippen molar-refractivity contribution in [1.82, 2.24) is 30.3 Å². The molecule has 2 aromatic heterocycles. The number of phenolic OH excluding ortho intramolecular Hbond substituents is 2. The molecule has 2 saturated heterocycles. The Kier molecular flexibility index (Phi) is 12.8. The number of thioether (sulfide) groups is 1. The number of hydrogen-bond acceptors (Lipinski definition) is 16. The van der Waals surface area contributed by atoms with E-state index in [4.69, 9.17) is 38.9 Å². The lowest BCUT2D eigenvalue weighted by molar-refractivity contribution is -0.911. The summed E-state index contributed by atoms with van der Waals surface area (Å²) in [6.45, 7) is 3.68. The Labute approximate surface area is 355 Å². The van der Waals surface area contributed by atoms with Gasteiger partial charge in [-0.25, -0.2) is 14.6 Å². The van der Waals surface area contributed by atoms with Crippen LogP contribution in [0.4, 0.5) is 5.13 Å². The Morgan fingerprint density at radius 2 is 1.82 bits per heavy atom. The smallest absolute Gasteiger partial charge is 0.352 e. The van der Waals surface area contributed by atoms with Crippen molar-refractivity contribution in [2.24, 2.45) is 5.16 Å². The summed E-state index contributed by atoms with van der Waals surface area (Å²) in [6.07, 6.45) is -1.44. The summed E-state index contributed by atoms with van der Waals surface area (Å²) in [5.74, 6) is -8.46. The third-order valence-electron chi connectivity index (χ3n) is 10.1. The molecule has 0 unspecified atom stereocenters. The number of nitrogens with two attached hydrogens (primary N) is 1. The Morgan fingerprint density at radius 1 is 1.12 bits per heavy atom. The molecule has 2 fully saturated rings. The first-order valence-corrected chi connectivity index (χ1v) is 20.6. The normalized spacial score (nSPS) is 19.1. The maximum absolute atomic E-state index is 13.6. The van der Waals surface area contributed by atoms with Crippen LogP contribution in [0.15, 0.2) is 27.3 Å². The largest absolute Gasteiger partial charge is 0.504 e. The van der Waals surface area contributed by atoms with Gasteiger partial charge in [0, 0.05) is 36.8 Å². The fourth-order valence-electron chi connectivity index (χ4n) is 7.24. The molecule has 26 heteroatoms. The van der Waals surface area contributed by atoms with E-state index in [-0.39, 0.29) is 57.1 Å². The molecule has 0 saturated carbocycles. The molecule has 320 valence electrons. The van der Waals surface area contributed by atoms with Gasteiger partial charge in [-0.2, -0.15) is 5.10 Å². The van der Waals surface area contributed by atoms with Crippen LogP contribution in [0, 0.1) is 0 Å². The average molecular weight is 914 g/mol. The van der Waals surface area contributed by atoms with E-state index in [0.717, 1.165) is 35.1 Å². The van der Waals surface area contributed by atoms with Crippen molar-refractivity contribution in [3.8, 4) is 11.5 Å². The summed E-state index contributed by atoms with van der Waals surface area (Å²) in [6, 6.07) is -0.164. The number of fused-ring (bicyclic) bond motifs is 2. The molecule has 3 aliphatic rings. The van der Waals surface area contributed by atoms with Crippen molar-refractivity contribution >= 4 is 104 Å². The number of likely N-dealkylation sites (tertiary alicyclic amines) is 1. The van der Waals surface area contributed by atoms with E-state index >= 15 is 0 Å². The third-order valence-corrected chi connectivity index (χ3v) is 12.8. The number of carbonyl (C=O) groups excluding carboxylic acids is 3. The third kappa shape index (κ3) is 8.50. The number of β-lactam (4-membered cyclic amide) rings is 1. The fraction of sp³-hybridized carbons (Fsp3) is 0.412. The standard InChI is InChI=1S/C34H35Cl2N9O13S2/c1-2-43-14-9-15(46)25(49)19(35)18(14)26(50)22(41-43)28(51)38-5-8-45(6-3-4-7-45)11-13-12-59-31-23(30(53)44(31)24(13)33(56)57)39-29(52)21(20-27(36)60-34(37)40-20)42-58-16(32(54)55)10-17(47)48/h9,16,23,31H,2-8,10-12H2,1H3,(H8-,37,38,39,40,41,42,46,47,48,49,50,51,52,54,55,56,57)/p+1/t16-,23+,31+/m0/s1. The van der Waals surface area contributed by atoms with Gasteiger partial charge in [0.2, 0.25) is 11.5 Å². The number of anilines is 1. The molecule has 60 heavy (non-hydrogen) atoms. The average Bonchev–Trinajstić information content (AvgIpc) is 3.79. The molecule has 5 heterocycles. The molecule has 6 rings (SSSR count). The lowest BCUT2D eigenvalue weighted by Crippen LogP contribution is -2.71. The van der Waals surface area contributed by atoms with Crippen LogP contribution < -0.4 is 21.8 Å². The first-order valence-electron chi connectivity index (χ1n) is 18.0. The van der Waals surface area contributed by atoms with Gasteiger partial charge < -0.3 is 51.2 Å². The molecular weight excluding hydrogens is 877 g/mol. The summed E-state index contributed by atoms with van der Waals surface area (Å²) in [5, 5.41) is 60.3. The van der Waals surface area contributed by atoms with Gasteiger partial charge in [-0.15, -0.1) is 11.8 Å². The second kappa shape index (κ2) is 17.5. The van der Waals surface area contributed by atoms with E-state index in [2.05, 4.69) is 25.9 Å². The van der Waals surface area contributed by atoms with Crippen LogP contribution in [0.2, 0.25) is 9.36 Å². The van der Waals surface area contributed by atoms with Crippen LogP contribution in [0.3, 0.4) is 0 Å². The first kappa shape index (κ1) is 43.9. The number of nitrogens with zero attached hydrogens (tertiary/aromatic N) is 6. The lowest BCUT2D eigenvalue weighted by atomic mass is 10.0. The van der Waals surface area contributed by atoms with Crippen LogP contribution in [-0.2, 0) is 35.4 Å². The number of nitrogens with one attached hydrogen (secondary N) is 2. The van der Waals surface area contributed by atoms with Crippen LogP contribution in [0.25, 0.3) is 10.9 Å². The number of hydrogen-bond donors (Lipinski definition) is 8. The number of phenols is 2. The van der Waals surface area contributed by atoms with Crippen molar-refractivity contribution in [3.05, 3.63) is 48.3 Å². The molecule has 9 N–H and O–H groups in total. The highest BCUT2D eigenvalue weighted by molar-refractivity contribution is 8.00. The molecule has 1 aromatic carbocycles. The minimum atomic E-state index is -2.01. The van der Waals surface area contributed by atoms with Gasteiger partial charge >= 0.3 is 17.9 Å². The van der Waals surface area contributed by atoms with Gasteiger partial charge in [-0.05, 0) is 6.92 Å². The number of aliphatic carboxylic acids is 3. The number of benzene rings is 1. The van der Waals surface area contributed by atoms with Gasteiger partial charge in [0.15, 0.2) is 28.0 Å². The first-order chi connectivity index (χ1) is 28.4. The van der Waals surface area contributed by atoms with Crippen LogP contribution in [0.5, 0.6) is 11.5 Å². The number of oxime groups is 1. The van der Waals surface area contributed by atoms with E-state index in [1.807, 2.05) is 0 Å². The van der Waals surface area contributed by atoms with E-state index < -0.39 is 92.9 Å². The summed E-state index contributed by atoms with van der Waals surface area (Å²) >= 11 is 14.3. The van der Waals surface area contributed by atoms with Gasteiger partial charge in [-0.1, -0.05) is 39.7 Å². The summed E-state index contributed by atoms with van der Waals surface area (Å²) < 4.78 is 1.49. The van der Waals surface area contributed by atoms with E-state index in [1.165, 1.54) is 16.4 Å². The number of nitrogen functional groups attached to an aromatic ring is 1. The second-order valence-electron chi connectivity index (χ2n) is 13.8. The number of aryl methyl sites for hydroxylation is 1. The number of thiazole rings is 1. The minimum absolute atomic E-state index is 0.0483. The summed E-state index contributed by atoms with van der Waals surface area (Å²) in [7, 11) is 0. The quantitative estimate of drug-likeness (QED) is 0.0321. The second-order valence-corrected chi connectivity index (χ2v) is 17.0. The number of aromatic hydroxyl groups is 2. The maximum Gasteiger partial charge on any atom is 0.352 e. The van der Waals surface area contributed by atoms with Gasteiger partial charge in [0.05, 0.1) is 48.5 Å². The molecule has 0 aliphatic carbocycles. The zero-order valence-corrected chi connectivity index (χ0v) is 34.4. The Bertz CT molecular complexity index is 2450. The lowest BCUT2D eigenvalue weighted by Gasteiger charge is -2.50. The highest BCUT2D eigenvalue weighted by Gasteiger charge is 2.55. The predicted molar refractivity (Wildman–Crippen MR) is 214 cm³/mol. The molecule has 0 radical (unpaired) electrons. The molecular formula is C34H36Cl2N9O13S2+. The maximum atomic E-state index is 13.6. The molecule has 0 spiro atoms. The zero-order valence-electron chi connectivity index (χ0n) is 31.2. The topological polar surface area (TPSA) is 326 Å². The number of carbonyl (C=O) groups is 6. The predicted octanol–water partition coefficient (Wildman–Crippen LogP) is 0.601. The molecule has 3 atom stereocenters. The van der Waals surface area contributed by atoms with Gasteiger partial charge in [-0.3, -0.25) is 33.6 Å². The van der Waals surface area contributed by atoms with Crippen LogP contribution in [-0.4, -0.2) is 147 Å². The monoisotopic (exact) mass is 912 g/mol. The molecule has 3 aliphatic heterocycles. The van der Waals surface area contributed by atoms with Crippen molar-refractivity contribution in [2.45, 2.75) is 50.3 Å². The zero-order chi connectivity index (χ0) is 43.8. The number of rotatable bonds is 16. The Hall–Kier alpha value is -5.69. The van der Waals surface area contributed by atoms with Crippen LogP contribution >= 0.6 is 46.3 Å². The van der Waals surface area contributed by atoms with E-state index in [1.54, 1.807) is 6.92 Å². The number of amides is 3. The number of quaternary nitrogens is 1. The number of aromatic nitrogens is 3. The Balaban J connectivity index is 1.18. The fourth-order valence-corrected chi connectivity index (χ4v) is 9.78. The molecule has 3 aromatic rings.